The van der Waals surface area contributed by atoms with Gasteiger partial charge in [-0.15, -0.1) is 0 Å². The van der Waals surface area contributed by atoms with Gasteiger partial charge < -0.3 is 20.4 Å². The summed E-state index contributed by atoms with van der Waals surface area (Å²) in [5.74, 6) is 1.60. The molecule has 1 saturated carbocycles. The highest BCUT2D eigenvalue weighted by Gasteiger charge is 2.34. The molecule has 0 radical (unpaired) electrons. The highest BCUT2D eigenvalue weighted by molar-refractivity contribution is 6.32. The highest BCUT2D eigenvalue weighted by Crippen LogP contribution is 2.34. The summed E-state index contributed by atoms with van der Waals surface area (Å²) in [5, 5.41) is 9.76. The predicted octanol–water partition coefficient (Wildman–Crippen LogP) is 7.77. The monoisotopic (exact) mass is 773 g/mol. The summed E-state index contributed by atoms with van der Waals surface area (Å²) in [4.78, 5) is 51.5. The summed E-state index contributed by atoms with van der Waals surface area (Å²) in [6.45, 7) is 4.99. The van der Waals surface area contributed by atoms with E-state index in [0.717, 1.165) is 106 Å². The summed E-state index contributed by atoms with van der Waals surface area (Å²) in [6, 6.07) is 26.8. The number of carbonyl (C=O) groups is 3. The second-order valence-corrected chi connectivity index (χ2v) is 16.6. The lowest BCUT2D eigenvalue weighted by Crippen LogP contribution is -2.47. The minimum Gasteiger partial charge on any atom is -0.374 e. The summed E-state index contributed by atoms with van der Waals surface area (Å²) < 4.78 is 0. The van der Waals surface area contributed by atoms with Gasteiger partial charge in [0.05, 0.1) is 16.9 Å². The fourth-order valence-corrected chi connectivity index (χ4v) is 9.34. The number of hydrogen-bond acceptors (Lipinski definition) is 8. The fraction of sp³-hybridized carbons (Fsp3) is 0.444. The van der Waals surface area contributed by atoms with Gasteiger partial charge in [0.2, 0.25) is 23.7 Å². The van der Waals surface area contributed by atoms with Crippen molar-refractivity contribution in [2.75, 3.05) is 43.4 Å². The van der Waals surface area contributed by atoms with Crippen LogP contribution in [0.2, 0.25) is 5.02 Å². The van der Waals surface area contributed by atoms with E-state index in [-0.39, 0.29) is 29.8 Å². The molecule has 3 aromatic carbocycles. The minimum absolute atomic E-state index is 0.0217. The molecule has 3 saturated heterocycles. The number of piperidine rings is 3. The first kappa shape index (κ1) is 38.1. The molecule has 0 spiro atoms. The molecule has 4 aromatic rings. The second kappa shape index (κ2) is 17.6. The third kappa shape index (κ3) is 9.24. The van der Waals surface area contributed by atoms with E-state index in [1.807, 2.05) is 30.3 Å². The number of nitrogens with zero attached hydrogens (tertiary/aromatic N) is 4. The van der Waals surface area contributed by atoms with Crippen LogP contribution in [-0.2, 0) is 14.4 Å². The summed E-state index contributed by atoms with van der Waals surface area (Å²) in [5.41, 5.74) is 6.14. The normalized spacial score (nSPS) is 22.7. The first-order valence-corrected chi connectivity index (χ1v) is 20.9. The van der Waals surface area contributed by atoms with Gasteiger partial charge in [-0.05, 0) is 111 Å². The van der Waals surface area contributed by atoms with Crippen molar-refractivity contribution in [3.8, 4) is 22.4 Å². The van der Waals surface area contributed by atoms with Gasteiger partial charge in [-0.2, -0.15) is 0 Å². The van der Waals surface area contributed by atoms with E-state index in [0.29, 0.717) is 47.2 Å². The van der Waals surface area contributed by atoms with Crippen molar-refractivity contribution in [2.24, 2.45) is 11.8 Å². The lowest BCUT2D eigenvalue weighted by Gasteiger charge is -2.39. The minimum atomic E-state index is -0.365. The maximum absolute atomic E-state index is 13.8. The van der Waals surface area contributed by atoms with Crippen molar-refractivity contribution in [1.29, 1.82) is 0 Å². The number of anilines is 2. The number of likely N-dealkylation sites (tertiary alicyclic amines) is 2. The SMILES string of the molecule is O=C1CCC(Nc2ccc(C3CCN(CC4CCN(C(=O)C5CCCC(Nc6ncc(Cl)c(-c7cccc(-c8ccccc8)c7)n6)C5)CC4)CC3)cc2)C(=O)N1. The number of nitrogens with one attached hydrogen (secondary N) is 3. The molecule has 8 rings (SSSR count). The molecule has 10 nitrogen and oxygen atoms in total. The van der Waals surface area contributed by atoms with Crippen molar-refractivity contribution >= 4 is 41.0 Å². The molecule has 3 amide bonds. The number of imide groups is 1. The molecule has 1 aromatic heterocycles. The molecular formula is C45H52ClN7O3. The Morgan fingerprint density at radius 3 is 2.32 bits per heavy atom. The van der Waals surface area contributed by atoms with Crippen LogP contribution in [0.3, 0.4) is 0 Å². The van der Waals surface area contributed by atoms with Gasteiger partial charge in [-0.25, -0.2) is 9.97 Å². The average Bonchev–Trinajstić information content (AvgIpc) is 3.24. The Morgan fingerprint density at radius 1 is 0.804 bits per heavy atom. The van der Waals surface area contributed by atoms with Crippen LogP contribution in [0, 0.1) is 11.8 Å². The van der Waals surface area contributed by atoms with E-state index >= 15 is 0 Å². The predicted molar refractivity (Wildman–Crippen MR) is 221 cm³/mol. The van der Waals surface area contributed by atoms with Gasteiger partial charge in [-0.1, -0.05) is 78.7 Å². The molecule has 3 atom stereocenters. The molecule has 292 valence electrons. The quantitative estimate of drug-likeness (QED) is 0.140. The van der Waals surface area contributed by atoms with Crippen molar-refractivity contribution in [2.45, 2.75) is 82.2 Å². The van der Waals surface area contributed by atoms with Crippen LogP contribution in [0.25, 0.3) is 22.4 Å². The lowest BCUT2D eigenvalue weighted by atomic mass is 9.84. The zero-order chi connectivity index (χ0) is 38.4. The van der Waals surface area contributed by atoms with Crippen LogP contribution in [0.4, 0.5) is 11.6 Å². The molecule has 3 N–H and O–H groups in total. The van der Waals surface area contributed by atoms with E-state index in [1.165, 1.54) is 5.56 Å². The Kier molecular flexibility index (Phi) is 11.9. The standard InChI is InChI=1S/C45H52ClN7O3/c46-39-28-47-45(51-42(39)35-9-4-8-34(26-35)31-6-2-1-3-7-31)49-38-11-5-10-36(27-38)44(56)53-24-18-30(19-25-53)29-52-22-20-33(21-23-52)32-12-14-37(15-13-32)48-40-16-17-41(54)50-43(40)55/h1-4,6-9,12-15,26,28,30,33,36,38,40,48H,5,10-11,16-25,27,29H2,(H,47,49,51)(H,50,54,55). The van der Waals surface area contributed by atoms with Crippen LogP contribution in [0.1, 0.15) is 75.7 Å². The maximum atomic E-state index is 13.8. The smallest absolute Gasteiger partial charge is 0.249 e. The number of amides is 3. The first-order chi connectivity index (χ1) is 27.3. The maximum Gasteiger partial charge on any atom is 0.249 e. The largest absolute Gasteiger partial charge is 0.374 e. The van der Waals surface area contributed by atoms with Gasteiger partial charge in [0, 0.05) is 49.3 Å². The van der Waals surface area contributed by atoms with E-state index < -0.39 is 0 Å². The van der Waals surface area contributed by atoms with Crippen molar-refractivity contribution < 1.29 is 14.4 Å². The van der Waals surface area contributed by atoms with Crippen molar-refractivity contribution in [3.05, 3.63) is 95.6 Å². The van der Waals surface area contributed by atoms with Crippen LogP contribution >= 0.6 is 11.6 Å². The molecule has 1 aliphatic carbocycles. The molecule has 0 bridgehead atoms. The summed E-state index contributed by atoms with van der Waals surface area (Å²) in [7, 11) is 0. The molecule has 3 aliphatic heterocycles. The van der Waals surface area contributed by atoms with E-state index in [4.69, 9.17) is 16.6 Å². The lowest BCUT2D eigenvalue weighted by molar-refractivity contribution is -0.138. The van der Waals surface area contributed by atoms with Crippen molar-refractivity contribution in [3.63, 3.8) is 0 Å². The van der Waals surface area contributed by atoms with E-state index in [9.17, 15) is 14.4 Å². The molecule has 56 heavy (non-hydrogen) atoms. The number of aromatic nitrogens is 2. The van der Waals surface area contributed by atoms with Crippen LogP contribution in [0.15, 0.2) is 85.1 Å². The van der Waals surface area contributed by atoms with E-state index in [1.54, 1.807) is 6.20 Å². The third-order valence-electron chi connectivity index (χ3n) is 12.3. The zero-order valence-corrected chi connectivity index (χ0v) is 32.7. The van der Waals surface area contributed by atoms with E-state index in [2.05, 4.69) is 79.3 Å². The molecule has 4 fully saturated rings. The van der Waals surface area contributed by atoms with Gasteiger partial charge >= 0.3 is 0 Å². The molecular weight excluding hydrogens is 722 g/mol. The number of hydrogen-bond donors (Lipinski definition) is 3. The van der Waals surface area contributed by atoms with Crippen LogP contribution in [0.5, 0.6) is 0 Å². The molecule has 4 aliphatic rings. The number of benzene rings is 3. The highest BCUT2D eigenvalue weighted by atomic mass is 35.5. The summed E-state index contributed by atoms with van der Waals surface area (Å²) in [6.07, 6.45) is 10.7. The summed E-state index contributed by atoms with van der Waals surface area (Å²) >= 11 is 6.63. The molecule has 3 unspecified atom stereocenters. The second-order valence-electron chi connectivity index (χ2n) is 16.2. The number of halogens is 1. The van der Waals surface area contributed by atoms with Gasteiger partial charge in [0.25, 0.3) is 0 Å². The Balaban J connectivity index is 0.777. The fourth-order valence-electron chi connectivity index (χ4n) is 9.14. The van der Waals surface area contributed by atoms with Gasteiger partial charge in [0.15, 0.2) is 0 Å². The Bertz CT molecular complexity index is 1990. The van der Waals surface area contributed by atoms with Gasteiger partial charge in [-0.3, -0.25) is 19.7 Å². The Hall–Kier alpha value is -4.80. The Morgan fingerprint density at radius 2 is 1.55 bits per heavy atom. The molecule has 4 heterocycles. The third-order valence-corrected chi connectivity index (χ3v) is 12.6. The Labute approximate surface area is 334 Å². The van der Waals surface area contributed by atoms with Crippen LogP contribution < -0.4 is 16.0 Å². The molecule has 11 heteroatoms. The zero-order valence-electron chi connectivity index (χ0n) is 32.0. The van der Waals surface area contributed by atoms with Crippen molar-refractivity contribution in [1.82, 2.24) is 25.1 Å². The average molecular weight is 774 g/mol. The number of rotatable bonds is 10. The first-order valence-electron chi connectivity index (χ1n) is 20.5. The number of carbonyl (C=O) groups excluding carboxylic acids is 3. The topological polar surface area (TPSA) is 120 Å². The van der Waals surface area contributed by atoms with Gasteiger partial charge in [0.1, 0.15) is 6.04 Å². The van der Waals surface area contributed by atoms with Crippen LogP contribution in [-0.4, -0.2) is 82.3 Å².